The van der Waals surface area contributed by atoms with E-state index in [4.69, 9.17) is 11.6 Å². The first-order valence-electron chi connectivity index (χ1n) is 10.2. The van der Waals surface area contributed by atoms with Gasteiger partial charge in [0.1, 0.15) is 5.50 Å². The molecule has 3 aliphatic rings. The lowest BCUT2D eigenvalue weighted by Crippen LogP contribution is -2.55. The highest BCUT2D eigenvalue weighted by molar-refractivity contribution is 8.00. The lowest BCUT2D eigenvalue weighted by Gasteiger charge is -2.37. The third-order valence-electron chi connectivity index (χ3n) is 6.20. The van der Waals surface area contributed by atoms with Crippen molar-refractivity contribution in [1.82, 2.24) is 26.4 Å². The molecule has 0 aromatic rings. The number of amides is 1. The van der Waals surface area contributed by atoms with Gasteiger partial charge >= 0.3 is 6.18 Å². The molecule has 29 heavy (non-hydrogen) atoms. The topological polar surface area (TPSA) is 68.4 Å². The second-order valence-corrected chi connectivity index (χ2v) is 10.4. The molecule has 0 bridgehead atoms. The highest BCUT2D eigenvalue weighted by atomic mass is 35.5. The van der Waals surface area contributed by atoms with Crippen molar-refractivity contribution in [3.05, 3.63) is 0 Å². The molecule has 0 aromatic carbocycles. The third-order valence-corrected chi connectivity index (χ3v) is 8.05. The predicted molar refractivity (Wildman–Crippen MR) is 109 cm³/mol. The van der Waals surface area contributed by atoms with Crippen molar-refractivity contribution in [3.63, 3.8) is 0 Å². The van der Waals surface area contributed by atoms with Gasteiger partial charge in [0.2, 0.25) is 5.91 Å². The van der Waals surface area contributed by atoms with Crippen LogP contribution in [0.25, 0.3) is 0 Å². The smallest absolute Gasteiger partial charge is 0.352 e. The Morgan fingerprint density at radius 1 is 1.28 bits per heavy atom. The van der Waals surface area contributed by atoms with E-state index in [0.29, 0.717) is 11.2 Å². The minimum atomic E-state index is -4.33. The highest BCUT2D eigenvalue weighted by Crippen LogP contribution is 2.37. The van der Waals surface area contributed by atoms with Crippen LogP contribution in [0.1, 0.15) is 45.4 Å². The van der Waals surface area contributed by atoms with Crippen LogP contribution < -0.4 is 21.5 Å². The van der Waals surface area contributed by atoms with Crippen LogP contribution in [-0.4, -0.2) is 59.0 Å². The van der Waals surface area contributed by atoms with Crippen LogP contribution in [0.2, 0.25) is 0 Å². The number of carbonyl (C=O) groups is 1. The standard InChI is InChI=1S/C18H31ClF3N5OS/c1-10(29-17-26-23-9-27(17)2)11-4-3-5-13(6-11)24-16(28)14-7-12(18(20,21)22)8-15(19)25-14/h10-15,17,23,25-26H,3-9H2,1-2H3,(H,24,28)/t10-,11?,12?,13?,14?,15?,17?/m0/s1. The number of carbonyl (C=O) groups excluding carboxylic acids is 1. The normalized spacial score (nSPS) is 38.0. The van der Waals surface area contributed by atoms with Crippen LogP contribution in [-0.2, 0) is 4.79 Å². The van der Waals surface area contributed by atoms with E-state index in [1.807, 2.05) is 11.8 Å². The summed E-state index contributed by atoms with van der Waals surface area (Å²) < 4.78 is 39.3. The first-order chi connectivity index (χ1) is 13.6. The lowest BCUT2D eigenvalue weighted by atomic mass is 9.83. The number of piperidine rings is 1. The summed E-state index contributed by atoms with van der Waals surface area (Å²) in [6, 6.07) is -0.897. The molecule has 0 spiro atoms. The summed E-state index contributed by atoms with van der Waals surface area (Å²) in [5.74, 6) is -1.45. The van der Waals surface area contributed by atoms with Gasteiger partial charge in [-0.1, -0.05) is 13.3 Å². The zero-order valence-corrected chi connectivity index (χ0v) is 18.3. The van der Waals surface area contributed by atoms with E-state index in [0.717, 1.165) is 32.4 Å². The monoisotopic (exact) mass is 457 g/mol. The summed E-state index contributed by atoms with van der Waals surface area (Å²) in [7, 11) is 2.05. The Morgan fingerprint density at radius 2 is 2.03 bits per heavy atom. The number of halogens is 4. The van der Waals surface area contributed by atoms with Crippen LogP contribution in [0.15, 0.2) is 0 Å². The molecule has 2 saturated heterocycles. The fourth-order valence-electron chi connectivity index (χ4n) is 4.42. The third kappa shape index (κ3) is 6.36. The maximum Gasteiger partial charge on any atom is 0.391 e. The maximum absolute atomic E-state index is 13.1. The lowest BCUT2D eigenvalue weighted by molar-refractivity contribution is -0.184. The van der Waals surface area contributed by atoms with Gasteiger partial charge in [0.25, 0.3) is 0 Å². The molecule has 2 heterocycles. The summed E-state index contributed by atoms with van der Waals surface area (Å²) in [6.07, 6.45) is -0.958. The second kappa shape index (κ2) is 9.91. The highest BCUT2D eigenvalue weighted by Gasteiger charge is 2.46. The van der Waals surface area contributed by atoms with Crippen LogP contribution in [0.4, 0.5) is 13.2 Å². The van der Waals surface area contributed by atoms with Gasteiger partial charge in [-0.25, -0.2) is 10.9 Å². The first kappa shape index (κ1) is 23.4. The Bertz CT molecular complexity index is 572. The van der Waals surface area contributed by atoms with Gasteiger partial charge in [0.15, 0.2) is 0 Å². The zero-order valence-electron chi connectivity index (χ0n) is 16.8. The molecular weight excluding hydrogens is 427 g/mol. The van der Waals surface area contributed by atoms with Crippen molar-refractivity contribution in [2.24, 2.45) is 11.8 Å². The van der Waals surface area contributed by atoms with E-state index in [2.05, 4.69) is 40.4 Å². The van der Waals surface area contributed by atoms with Gasteiger partial charge in [0, 0.05) is 11.3 Å². The molecule has 1 saturated carbocycles. The number of alkyl halides is 4. The van der Waals surface area contributed by atoms with E-state index in [-0.39, 0.29) is 30.3 Å². The maximum atomic E-state index is 13.1. The summed E-state index contributed by atoms with van der Waals surface area (Å²) in [5, 5.41) is 6.22. The van der Waals surface area contributed by atoms with Crippen molar-refractivity contribution in [2.75, 3.05) is 13.7 Å². The average Bonchev–Trinajstić information content (AvgIpc) is 3.05. The Balaban J connectivity index is 1.51. The minimum Gasteiger partial charge on any atom is -0.352 e. The number of nitrogens with one attached hydrogen (secondary N) is 4. The molecule has 0 aromatic heterocycles. The zero-order chi connectivity index (χ0) is 21.2. The van der Waals surface area contributed by atoms with Crippen molar-refractivity contribution in [1.29, 1.82) is 0 Å². The molecule has 11 heteroatoms. The molecule has 0 radical (unpaired) electrons. The number of rotatable bonds is 5. The summed E-state index contributed by atoms with van der Waals surface area (Å²) in [4.78, 5) is 14.8. The van der Waals surface area contributed by atoms with Crippen molar-refractivity contribution < 1.29 is 18.0 Å². The molecule has 1 amide bonds. The number of hydrogen-bond donors (Lipinski definition) is 4. The molecule has 3 fully saturated rings. The van der Waals surface area contributed by atoms with Crippen LogP contribution in [0.5, 0.6) is 0 Å². The summed E-state index contributed by atoms with van der Waals surface area (Å²) >= 11 is 7.81. The van der Waals surface area contributed by atoms with Crippen molar-refractivity contribution in [2.45, 2.75) is 80.0 Å². The molecule has 4 N–H and O–H groups in total. The molecule has 1 aliphatic carbocycles. The van der Waals surface area contributed by atoms with Crippen molar-refractivity contribution >= 4 is 29.3 Å². The van der Waals surface area contributed by atoms with E-state index in [9.17, 15) is 18.0 Å². The molecular formula is C18H31ClF3N5OS. The molecule has 168 valence electrons. The molecule has 3 rings (SSSR count). The van der Waals surface area contributed by atoms with Gasteiger partial charge in [-0.15, -0.1) is 23.4 Å². The van der Waals surface area contributed by atoms with Crippen LogP contribution >= 0.6 is 23.4 Å². The predicted octanol–water partition coefficient (Wildman–Crippen LogP) is 2.56. The Labute approximate surface area is 179 Å². The molecule has 7 atom stereocenters. The summed E-state index contributed by atoms with van der Waals surface area (Å²) in [6.45, 7) is 3.00. The quantitative estimate of drug-likeness (QED) is 0.376. The second-order valence-electron chi connectivity index (χ2n) is 8.46. The van der Waals surface area contributed by atoms with Gasteiger partial charge in [-0.3, -0.25) is 15.0 Å². The van der Waals surface area contributed by atoms with Gasteiger partial charge < -0.3 is 5.32 Å². The number of nitrogens with zero attached hydrogens (tertiary/aromatic N) is 1. The molecule has 2 aliphatic heterocycles. The van der Waals surface area contributed by atoms with E-state index < -0.39 is 23.6 Å². The van der Waals surface area contributed by atoms with Crippen LogP contribution in [0.3, 0.4) is 0 Å². The first-order valence-corrected chi connectivity index (χ1v) is 11.6. The van der Waals surface area contributed by atoms with E-state index in [1.165, 1.54) is 0 Å². The Morgan fingerprint density at radius 3 is 2.69 bits per heavy atom. The number of thioether (sulfide) groups is 1. The average molecular weight is 458 g/mol. The SMILES string of the molecule is C[C@H](SC1NNCN1C)C1CCCC(NC(=O)C2CC(C(F)(F)F)CC(Cl)N2)C1. The summed E-state index contributed by atoms with van der Waals surface area (Å²) in [5.41, 5.74) is 5.73. The van der Waals surface area contributed by atoms with Crippen LogP contribution in [0, 0.1) is 11.8 Å². The Hall–Kier alpha value is -0.260. The molecule has 6 unspecified atom stereocenters. The Kier molecular flexibility index (Phi) is 8.00. The van der Waals surface area contributed by atoms with Gasteiger partial charge in [-0.05, 0) is 45.1 Å². The largest absolute Gasteiger partial charge is 0.391 e. The van der Waals surface area contributed by atoms with E-state index >= 15 is 0 Å². The molecule has 6 nitrogen and oxygen atoms in total. The number of hydrogen-bond acceptors (Lipinski definition) is 6. The van der Waals surface area contributed by atoms with Crippen molar-refractivity contribution in [3.8, 4) is 0 Å². The fraction of sp³-hybridized carbons (Fsp3) is 0.944. The van der Waals surface area contributed by atoms with Gasteiger partial charge in [0.05, 0.1) is 24.1 Å². The number of hydrazine groups is 1. The fourth-order valence-corrected chi connectivity index (χ4v) is 6.10. The van der Waals surface area contributed by atoms with E-state index in [1.54, 1.807) is 0 Å². The minimum absolute atomic E-state index is 0.00136. The van der Waals surface area contributed by atoms with Gasteiger partial charge in [-0.2, -0.15) is 13.2 Å².